The van der Waals surface area contributed by atoms with Gasteiger partial charge in [-0.2, -0.15) is 0 Å². The van der Waals surface area contributed by atoms with Gasteiger partial charge < -0.3 is 20.3 Å². The van der Waals surface area contributed by atoms with Crippen LogP contribution in [0, 0.1) is 5.92 Å². The molecule has 1 fully saturated rings. The summed E-state index contributed by atoms with van der Waals surface area (Å²) in [5.74, 6) is 1.20. The third kappa shape index (κ3) is 5.48. The number of hydrogen-bond donors (Lipinski definition) is 3. The lowest BCUT2D eigenvalue weighted by Gasteiger charge is -2.15. The minimum absolute atomic E-state index is 0.244. The van der Waals surface area contributed by atoms with Crippen LogP contribution in [0.4, 0.5) is 0 Å². The van der Waals surface area contributed by atoms with Crippen molar-refractivity contribution in [1.29, 1.82) is 0 Å². The minimum Gasteiger partial charge on any atom is -0.491 e. The molecular weight excluding hydrogens is 310 g/mol. The zero-order valence-corrected chi connectivity index (χ0v) is 12.3. The number of hydrogen-bond acceptors (Lipinski definition) is 4. The highest BCUT2D eigenvalue weighted by Crippen LogP contribution is 2.32. The number of aliphatic hydroxyl groups excluding tert-OH is 2. The van der Waals surface area contributed by atoms with Crippen LogP contribution in [-0.2, 0) is 0 Å². The predicted octanol–water partition coefficient (Wildman–Crippen LogP) is 1.55. The fourth-order valence-corrected chi connectivity index (χ4v) is 2.09. The molecule has 0 radical (unpaired) electrons. The van der Waals surface area contributed by atoms with E-state index >= 15 is 0 Å². The monoisotopic (exact) mass is 329 g/mol. The first-order chi connectivity index (χ1) is 9.15. The van der Waals surface area contributed by atoms with Gasteiger partial charge in [0.1, 0.15) is 18.5 Å². The SMILES string of the molecule is OC(CNCC(O)C1CC1)COc1ccc(Br)cc1. The largest absolute Gasteiger partial charge is 0.491 e. The first kappa shape index (κ1) is 14.8. The molecule has 0 amide bonds. The lowest BCUT2D eigenvalue weighted by molar-refractivity contribution is 0.0966. The Labute approximate surface area is 121 Å². The van der Waals surface area contributed by atoms with E-state index in [1.165, 1.54) is 0 Å². The van der Waals surface area contributed by atoms with Crippen LogP contribution in [0.2, 0.25) is 0 Å². The maximum atomic E-state index is 9.75. The Morgan fingerprint density at radius 3 is 2.53 bits per heavy atom. The van der Waals surface area contributed by atoms with E-state index in [0.29, 0.717) is 19.0 Å². The van der Waals surface area contributed by atoms with Crippen LogP contribution in [0.5, 0.6) is 5.75 Å². The zero-order chi connectivity index (χ0) is 13.7. The number of ether oxygens (including phenoxy) is 1. The Morgan fingerprint density at radius 1 is 1.21 bits per heavy atom. The van der Waals surface area contributed by atoms with E-state index in [1.807, 2.05) is 24.3 Å². The first-order valence-electron chi connectivity index (χ1n) is 6.60. The van der Waals surface area contributed by atoms with Crippen molar-refractivity contribution in [2.45, 2.75) is 25.0 Å². The predicted molar refractivity (Wildman–Crippen MR) is 77.2 cm³/mol. The molecule has 2 atom stereocenters. The van der Waals surface area contributed by atoms with Crippen LogP contribution < -0.4 is 10.1 Å². The summed E-state index contributed by atoms with van der Waals surface area (Å²) in [5, 5.41) is 22.5. The van der Waals surface area contributed by atoms with Crippen molar-refractivity contribution >= 4 is 15.9 Å². The third-order valence-corrected chi connectivity index (χ3v) is 3.68. The number of benzene rings is 1. The highest BCUT2D eigenvalue weighted by molar-refractivity contribution is 9.10. The highest BCUT2D eigenvalue weighted by Gasteiger charge is 2.29. The Morgan fingerprint density at radius 2 is 1.89 bits per heavy atom. The first-order valence-corrected chi connectivity index (χ1v) is 7.39. The van der Waals surface area contributed by atoms with Crippen LogP contribution in [0.3, 0.4) is 0 Å². The lowest BCUT2D eigenvalue weighted by atomic mass is 10.2. The highest BCUT2D eigenvalue weighted by atomic mass is 79.9. The van der Waals surface area contributed by atoms with Gasteiger partial charge in [-0.25, -0.2) is 0 Å². The molecule has 0 bridgehead atoms. The Hall–Kier alpha value is -0.620. The molecule has 106 valence electrons. The Bertz CT molecular complexity index is 381. The number of rotatable bonds is 8. The van der Waals surface area contributed by atoms with Gasteiger partial charge in [-0.15, -0.1) is 0 Å². The van der Waals surface area contributed by atoms with Crippen molar-refractivity contribution in [2.75, 3.05) is 19.7 Å². The molecule has 1 aromatic carbocycles. The topological polar surface area (TPSA) is 61.7 Å². The smallest absolute Gasteiger partial charge is 0.119 e. The maximum Gasteiger partial charge on any atom is 0.119 e. The van der Waals surface area contributed by atoms with Crippen molar-refractivity contribution < 1.29 is 14.9 Å². The van der Waals surface area contributed by atoms with Gasteiger partial charge in [-0.1, -0.05) is 15.9 Å². The van der Waals surface area contributed by atoms with E-state index < -0.39 is 6.10 Å². The summed E-state index contributed by atoms with van der Waals surface area (Å²) in [6.07, 6.45) is 1.39. The van der Waals surface area contributed by atoms with E-state index in [2.05, 4.69) is 21.2 Å². The van der Waals surface area contributed by atoms with Crippen LogP contribution >= 0.6 is 15.9 Å². The van der Waals surface area contributed by atoms with Crippen LogP contribution in [0.1, 0.15) is 12.8 Å². The molecule has 5 heteroatoms. The second-order valence-corrected chi connectivity index (χ2v) is 5.90. The average molecular weight is 330 g/mol. The quantitative estimate of drug-likeness (QED) is 0.677. The van der Waals surface area contributed by atoms with Gasteiger partial charge in [-0.3, -0.25) is 0 Å². The van der Waals surface area contributed by atoms with Crippen molar-refractivity contribution in [2.24, 2.45) is 5.92 Å². The van der Waals surface area contributed by atoms with Crippen LogP contribution in [-0.4, -0.2) is 42.1 Å². The average Bonchev–Trinajstić information content (AvgIpc) is 3.22. The Kier molecular flexibility index (Phi) is 5.63. The summed E-state index contributed by atoms with van der Waals surface area (Å²) in [6.45, 7) is 1.22. The summed E-state index contributed by atoms with van der Waals surface area (Å²) < 4.78 is 6.46. The molecule has 4 nitrogen and oxygen atoms in total. The van der Waals surface area contributed by atoms with Crippen molar-refractivity contribution in [3.05, 3.63) is 28.7 Å². The maximum absolute atomic E-state index is 9.75. The van der Waals surface area contributed by atoms with E-state index in [1.54, 1.807) is 0 Å². The number of halogens is 1. The summed E-state index contributed by atoms with van der Waals surface area (Å²) in [6, 6.07) is 7.49. The standard InChI is InChI=1S/C14H20BrNO3/c15-11-3-5-13(6-4-11)19-9-12(17)7-16-8-14(18)10-1-2-10/h3-6,10,12,14,16-18H,1-2,7-9H2. The normalized spacial score (nSPS) is 18.1. The molecule has 2 unspecified atom stereocenters. The molecule has 1 aliphatic carbocycles. The molecule has 0 aromatic heterocycles. The molecule has 1 saturated carbocycles. The van der Waals surface area contributed by atoms with Gasteiger partial charge >= 0.3 is 0 Å². The van der Waals surface area contributed by atoms with Gasteiger partial charge in [0, 0.05) is 17.6 Å². The molecule has 19 heavy (non-hydrogen) atoms. The minimum atomic E-state index is -0.574. The van der Waals surface area contributed by atoms with Gasteiger partial charge in [0.15, 0.2) is 0 Å². The molecule has 0 spiro atoms. The molecule has 0 aliphatic heterocycles. The molecule has 1 aliphatic rings. The van der Waals surface area contributed by atoms with Crippen molar-refractivity contribution in [3.63, 3.8) is 0 Å². The van der Waals surface area contributed by atoms with Crippen molar-refractivity contribution in [1.82, 2.24) is 5.32 Å². The molecule has 2 rings (SSSR count). The molecular formula is C14H20BrNO3. The summed E-state index contributed by atoms with van der Waals surface area (Å²) in [7, 11) is 0. The van der Waals surface area contributed by atoms with E-state index in [9.17, 15) is 10.2 Å². The second kappa shape index (κ2) is 7.24. The molecule has 1 aromatic rings. The van der Waals surface area contributed by atoms with Gasteiger partial charge in [0.25, 0.3) is 0 Å². The second-order valence-electron chi connectivity index (χ2n) is 4.98. The van der Waals surface area contributed by atoms with Gasteiger partial charge in [-0.05, 0) is 43.0 Å². The van der Waals surface area contributed by atoms with E-state index in [0.717, 1.165) is 23.1 Å². The zero-order valence-electron chi connectivity index (χ0n) is 10.8. The van der Waals surface area contributed by atoms with Crippen LogP contribution in [0.25, 0.3) is 0 Å². The third-order valence-electron chi connectivity index (χ3n) is 3.16. The fraction of sp³-hybridized carbons (Fsp3) is 0.571. The molecule has 3 N–H and O–H groups in total. The summed E-state index contributed by atoms with van der Waals surface area (Å²) in [4.78, 5) is 0. The van der Waals surface area contributed by atoms with Crippen LogP contribution in [0.15, 0.2) is 28.7 Å². The molecule has 0 heterocycles. The fourth-order valence-electron chi connectivity index (χ4n) is 1.83. The van der Waals surface area contributed by atoms with E-state index in [4.69, 9.17) is 4.74 Å². The lowest BCUT2D eigenvalue weighted by Crippen LogP contribution is -2.36. The number of nitrogens with one attached hydrogen (secondary N) is 1. The summed E-state index contributed by atoms with van der Waals surface area (Å²) >= 11 is 3.35. The Balaban J connectivity index is 1.58. The van der Waals surface area contributed by atoms with E-state index in [-0.39, 0.29) is 12.7 Å². The summed E-state index contributed by atoms with van der Waals surface area (Å²) in [5.41, 5.74) is 0. The molecule has 0 saturated heterocycles. The number of aliphatic hydroxyl groups is 2. The van der Waals surface area contributed by atoms with Gasteiger partial charge in [0.05, 0.1) is 6.10 Å². The van der Waals surface area contributed by atoms with Gasteiger partial charge in [0.2, 0.25) is 0 Å². The van der Waals surface area contributed by atoms with Crippen molar-refractivity contribution in [3.8, 4) is 5.75 Å².